The molecule has 2 aromatic rings. The van der Waals surface area contributed by atoms with Crippen molar-refractivity contribution in [2.24, 2.45) is 11.7 Å². The number of nitrogens with two attached hydrogens (primary N) is 1. The number of rotatable bonds is 7. The summed E-state index contributed by atoms with van der Waals surface area (Å²) in [4.78, 5) is 78.1. The van der Waals surface area contributed by atoms with Gasteiger partial charge in [0.05, 0.1) is 18.1 Å². The number of carbonyl (C=O) groups excluding carboxylic acids is 6. The van der Waals surface area contributed by atoms with E-state index in [4.69, 9.17) is 10.5 Å². The topological polar surface area (TPSA) is 185 Å². The summed E-state index contributed by atoms with van der Waals surface area (Å²) >= 11 is 0. The Morgan fingerprint density at radius 2 is 1.76 bits per heavy atom. The minimum atomic E-state index is -1.01. The molecule has 0 radical (unpaired) electrons. The van der Waals surface area contributed by atoms with E-state index in [9.17, 15) is 33.9 Å². The first-order chi connectivity index (χ1) is 21.6. The molecule has 3 amide bonds. The lowest BCUT2D eigenvalue weighted by Gasteiger charge is -2.28. The molecular weight excluding hydrogens is 580 g/mol. The summed E-state index contributed by atoms with van der Waals surface area (Å²) in [5.74, 6) is -2.56. The van der Waals surface area contributed by atoms with Gasteiger partial charge in [-0.15, -0.1) is 0 Å². The molecular formula is C33H40N4O8. The van der Waals surface area contributed by atoms with Crippen LogP contribution in [0.5, 0.6) is 5.75 Å². The van der Waals surface area contributed by atoms with E-state index < -0.39 is 47.7 Å². The Balaban J connectivity index is 1.78. The Labute approximate surface area is 262 Å². The summed E-state index contributed by atoms with van der Waals surface area (Å²) in [5, 5.41) is 14.6. The molecule has 0 saturated heterocycles. The number of amides is 3. The highest BCUT2D eigenvalue weighted by Crippen LogP contribution is 2.16. The van der Waals surface area contributed by atoms with Crippen LogP contribution in [0.3, 0.4) is 0 Å². The lowest BCUT2D eigenvalue weighted by atomic mass is 9.94. The average molecular weight is 621 g/mol. The zero-order chi connectivity index (χ0) is 32.8. The first-order valence-corrected chi connectivity index (χ1v) is 14.8. The summed E-state index contributed by atoms with van der Waals surface area (Å²) in [7, 11) is 1.48. The van der Waals surface area contributed by atoms with E-state index in [0.717, 1.165) is 11.1 Å². The monoisotopic (exact) mass is 620 g/mol. The van der Waals surface area contributed by atoms with Gasteiger partial charge in [-0.3, -0.25) is 19.2 Å². The summed E-state index contributed by atoms with van der Waals surface area (Å²) in [5.41, 5.74) is 7.62. The van der Waals surface area contributed by atoms with Gasteiger partial charge < -0.3 is 35.9 Å². The van der Waals surface area contributed by atoms with Crippen LogP contribution in [0.1, 0.15) is 36.8 Å². The fourth-order valence-corrected chi connectivity index (χ4v) is 4.84. The van der Waals surface area contributed by atoms with Crippen molar-refractivity contribution in [3.63, 3.8) is 0 Å². The van der Waals surface area contributed by atoms with Crippen LogP contribution in [-0.2, 0) is 41.6 Å². The number of hydrogen-bond donors (Lipinski definition) is 4. The van der Waals surface area contributed by atoms with Gasteiger partial charge in [-0.1, -0.05) is 54.6 Å². The summed E-state index contributed by atoms with van der Waals surface area (Å²) in [6.07, 6.45) is 2.63. The Morgan fingerprint density at radius 1 is 1.04 bits per heavy atom. The van der Waals surface area contributed by atoms with Crippen LogP contribution >= 0.6 is 0 Å². The normalized spacial score (nSPS) is 21.6. The van der Waals surface area contributed by atoms with Crippen LogP contribution in [0.2, 0.25) is 0 Å². The molecule has 240 valence electrons. The van der Waals surface area contributed by atoms with Gasteiger partial charge in [0.1, 0.15) is 18.6 Å². The van der Waals surface area contributed by atoms with Crippen LogP contribution in [0.4, 0.5) is 4.79 Å². The molecule has 45 heavy (non-hydrogen) atoms. The second-order valence-corrected chi connectivity index (χ2v) is 11.0. The molecule has 0 aromatic heterocycles. The molecule has 12 nitrogen and oxygen atoms in total. The van der Waals surface area contributed by atoms with Gasteiger partial charge in [-0.25, -0.2) is 4.79 Å². The number of ether oxygens (including phenoxy) is 1. The number of Topliss-reactive ketones (excluding diaryl/α,β-unsaturated/α-hetero) is 2. The molecule has 12 heteroatoms. The maximum absolute atomic E-state index is 13.4. The van der Waals surface area contributed by atoms with Gasteiger partial charge >= 0.3 is 6.09 Å². The largest absolute Gasteiger partial charge is 0.508 e. The fourth-order valence-electron chi connectivity index (χ4n) is 4.84. The number of ketones is 2. The number of alkyl carbamates (subject to hydrolysis) is 1. The minimum Gasteiger partial charge on any atom is -0.508 e. The highest BCUT2D eigenvalue weighted by molar-refractivity contribution is 5.94. The molecule has 1 aliphatic rings. The number of aldehydes is 1. The fraction of sp³-hybridized carbons (Fsp3) is 0.394. The van der Waals surface area contributed by atoms with E-state index in [1.54, 1.807) is 18.2 Å². The molecule has 0 bridgehead atoms. The number of nitrogens with one attached hydrogen (secondary N) is 2. The van der Waals surface area contributed by atoms with Crippen LogP contribution in [0.15, 0.2) is 66.7 Å². The van der Waals surface area contributed by atoms with E-state index in [1.165, 1.54) is 30.2 Å². The second-order valence-electron chi connectivity index (χ2n) is 11.0. The third-order valence-electron chi connectivity index (χ3n) is 7.54. The van der Waals surface area contributed by atoms with Gasteiger partial charge in [0.2, 0.25) is 11.8 Å². The van der Waals surface area contributed by atoms with Crippen molar-refractivity contribution in [3.05, 3.63) is 77.9 Å². The number of nitrogens with zero attached hydrogens (tertiary/aromatic N) is 1. The zero-order valence-corrected chi connectivity index (χ0v) is 25.2. The second kappa shape index (κ2) is 17.5. The number of phenols is 1. The summed E-state index contributed by atoms with van der Waals surface area (Å²) in [6, 6.07) is 12.4. The van der Waals surface area contributed by atoms with E-state index >= 15 is 0 Å². The van der Waals surface area contributed by atoms with E-state index in [1.807, 2.05) is 30.3 Å². The van der Waals surface area contributed by atoms with Gasteiger partial charge in [-0.05, 0) is 42.5 Å². The van der Waals surface area contributed by atoms with Crippen LogP contribution in [-0.4, -0.2) is 84.1 Å². The van der Waals surface area contributed by atoms with Gasteiger partial charge in [0.15, 0.2) is 11.6 Å². The Morgan fingerprint density at radius 3 is 2.44 bits per heavy atom. The van der Waals surface area contributed by atoms with Crippen LogP contribution in [0.25, 0.3) is 0 Å². The first-order valence-electron chi connectivity index (χ1n) is 14.8. The Hall–Kier alpha value is -4.84. The molecule has 0 fully saturated rings. The number of benzene rings is 2. The van der Waals surface area contributed by atoms with Gasteiger partial charge in [0, 0.05) is 38.8 Å². The molecule has 5 N–H and O–H groups in total. The minimum absolute atomic E-state index is 0.0494. The molecule has 1 aliphatic heterocycles. The van der Waals surface area contributed by atoms with Crippen molar-refractivity contribution in [3.8, 4) is 5.75 Å². The number of carbonyl (C=O) groups is 6. The van der Waals surface area contributed by atoms with Crippen molar-refractivity contribution in [2.45, 2.75) is 56.7 Å². The number of likely N-dealkylation sites (N-methyl/N-ethyl adjacent to an activating group) is 1. The molecule has 2 aromatic carbocycles. The third-order valence-corrected chi connectivity index (χ3v) is 7.54. The first kappa shape index (κ1) is 34.6. The maximum Gasteiger partial charge on any atom is 0.407 e. The number of cyclic esters (lactones) is 1. The van der Waals surface area contributed by atoms with Crippen molar-refractivity contribution >= 4 is 35.8 Å². The van der Waals surface area contributed by atoms with Gasteiger partial charge in [0.25, 0.3) is 0 Å². The molecule has 0 spiro atoms. The highest BCUT2D eigenvalue weighted by Gasteiger charge is 2.30. The quantitative estimate of drug-likeness (QED) is 0.264. The Kier molecular flexibility index (Phi) is 13.4. The Bertz CT molecular complexity index is 1360. The van der Waals surface area contributed by atoms with E-state index in [0.29, 0.717) is 6.29 Å². The molecule has 3 rings (SSSR count). The smallest absolute Gasteiger partial charge is 0.407 e. The summed E-state index contributed by atoms with van der Waals surface area (Å²) < 4.78 is 5.09. The standard InChI is InChI=1S/C33H40N4O8/c1-37-28(18-22-7-3-2-4-8-22)30(41)19-24(21-38)20-35-33(44)45-16-6-5-9-27(29(40)14-15-31(37)42)36-32(43)26(34)17-23-10-12-25(39)13-11-23/h2-8,10-13,21,24,26-28,39H,9,14-20,34H2,1H3,(H,35,44)(H,36,43)/t24-,26-,27+,28-/m0/s1. The van der Waals surface area contributed by atoms with Crippen molar-refractivity contribution in [1.29, 1.82) is 0 Å². The number of hydrogen-bond acceptors (Lipinski definition) is 9. The van der Waals surface area contributed by atoms with Gasteiger partial charge in [-0.2, -0.15) is 0 Å². The maximum atomic E-state index is 13.4. The van der Waals surface area contributed by atoms with Crippen molar-refractivity contribution in [1.82, 2.24) is 15.5 Å². The summed E-state index contributed by atoms with van der Waals surface area (Å²) in [6.45, 7) is -0.269. The third kappa shape index (κ3) is 11.3. The lowest BCUT2D eigenvalue weighted by molar-refractivity contribution is -0.139. The highest BCUT2D eigenvalue weighted by atomic mass is 16.5. The molecule has 0 aliphatic carbocycles. The van der Waals surface area contributed by atoms with Crippen molar-refractivity contribution in [2.75, 3.05) is 20.2 Å². The number of aromatic hydroxyl groups is 1. The molecule has 0 saturated carbocycles. The predicted octanol–water partition coefficient (Wildman–Crippen LogP) is 1.63. The zero-order valence-electron chi connectivity index (χ0n) is 25.2. The average Bonchev–Trinajstić information content (AvgIpc) is 3.04. The lowest BCUT2D eigenvalue weighted by Crippen LogP contribution is -2.49. The van der Waals surface area contributed by atoms with Crippen LogP contribution in [0, 0.1) is 5.92 Å². The predicted molar refractivity (Wildman–Crippen MR) is 165 cm³/mol. The molecule has 0 unspecified atom stereocenters. The van der Waals surface area contributed by atoms with E-state index in [2.05, 4.69) is 10.6 Å². The van der Waals surface area contributed by atoms with Crippen LogP contribution < -0.4 is 16.4 Å². The molecule has 4 atom stereocenters. The van der Waals surface area contributed by atoms with Crippen molar-refractivity contribution < 1.29 is 38.6 Å². The SMILES string of the molecule is CN1C(=O)CCC(=O)[C@H](NC(=O)[C@@H](N)Cc2ccc(O)cc2)CC=CCOC(=O)NC[C@@H](C=O)CC(=O)[C@@H]1Cc1ccccc1. The van der Waals surface area contributed by atoms with E-state index in [-0.39, 0.29) is 63.2 Å². The molecule has 1 heterocycles. The number of phenolic OH excluding ortho intramolecular Hbond substituents is 1.